The topological polar surface area (TPSA) is 105 Å². The zero-order chi connectivity index (χ0) is 17.5. The highest BCUT2D eigenvalue weighted by molar-refractivity contribution is 5.94. The van der Waals surface area contributed by atoms with E-state index >= 15 is 0 Å². The maximum Gasteiger partial charge on any atom is 0.328 e. The number of rotatable bonds is 8. The highest BCUT2D eigenvalue weighted by Crippen LogP contribution is 2.26. The Kier molecular flexibility index (Phi) is 6.11. The number of fused-ring (bicyclic) bond motifs is 1. The van der Waals surface area contributed by atoms with Crippen LogP contribution in [0.25, 0.3) is 0 Å². The summed E-state index contributed by atoms with van der Waals surface area (Å²) in [5, 5.41) is 13.5. The van der Waals surface area contributed by atoms with Crippen molar-refractivity contribution in [2.75, 3.05) is 18.6 Å². The molecule has 0 saturated carbocycles. The minimum Gasteiger partial charge on any atom is -0.494 e. The summed E-state index contributed by atoms with van der Waals surface area (Å²) in [6, 6.07) is 3.84. The van der Waals surface area contributed by atoms with E-state index in [1.54, 1.807) is 12.1 Å². The van der Waals surface area contributed by atoms with E-state index in [0.717, 1.165) is 11.3 Å². The van der Waals surface area contributed by atoms with Gasteiger partial charge in [-0.1, -0.05) is 0 Å². The summed E-state index contributed by atoms with van der Waals surface area (Å²) in [6.45, 7) is -0.880. The lowest BCUT2D eigenvalue weighted by atomic mass is 10.0. The number of carboxylic acids is 1. The number of carboxylic acid groups (broad SMARTS) is 1. The van der Waals surface area contributed by atoms with Crippen LogP contribution in [0.3, 0.4) is 0 Å². The average Bonchev–Trinajstić information content (AvgIpc) is 2.56. The van der Waals surface area contributed by atoms with Crippen molar-refractivity contribution in [3.8, 4) is 5.75 Å². The fourth-order valence-electron chi connectivity index (χ4n) is 2.31. The number of ether oxygens (including phenoxy) is 1. The number of benzene rings is 1. The van der Waals surface area contributed by atoms with E-state index in [9.17, 15) is 18.8 Å². The second-order valence-corrected chi connectivity index (χ2v) is 5.43. The van der Waals surface area contributed by atoms with Crippen LogP contribution in [0.5, 0.6) is 5.75 Å². The van der Waals surface area contributed by atoms with Gasteiger partial charge in [0.15, 0.2) is 6.04 Å². The van der Waals surface area contributed by atoms with Crippen molar-refractivity contribution in [1.82, 2.24) is 5.32 Å². The summed E-state index contributed by atoms with van der Waals surface area (Å²) in [5.74, 6) is -1.30. The fourth-order valence-corrected chi connectivity index (χ4v) is 2.31. The number of hydrogen-bond acceptors (Lipinski definition) is 4. The summed E-state index contributed by atoms with van der Waals surface area (Å²) in [5.41, 5.74) is 1.78. The van der Waals surface area contributed by atoms with Gasteiger partial charge in [0.1, 0.15) is 12.4 Å². The van der Waals surface area contributed by atoms with Crippen LogP contribution in [0.4, 0.5) is 10.1 Å². The molecule has 0 fully saturated rings. The van der Waals surface area contributed by atoms with Gasteiger partial charge in [0, 0.05) is 18.5 Å². The Morgan fingerprint density at radius 1 is 1.38 bits per heavy atom. The number of amides is 2. The third-order valence-electron chi connectivity index (χ3n) is 3.58. The van der Waals surface area contributed by atoms with Crippen LogP contribution >= 0.6 is 0 Å². The maximum atomic E-state index is 12.4. The first-order chi connectivity index (χ1) is 11.5. The van der Waals surface area contributed by atoms with Crippen molar-refractivity contribution in [2.45, 2.75) is 31.7 Å². The summed E-state index contributed by atoms with van der Waals surface area (Å²) >= 11 is 0. The SMILES string of the molecule is O=C1CCc2cc(OCCCC(=O)NC(CF)C(=O)O)ccc2N1. The van der Waals surface area contributed by atoms with Gasteiger partial charge in [0.05, 0.1) is 6.61 Å². The molecule has 0 aliphatic carbocycles. The number of aryl methyl sites for hydroxylation is 1. The van der Waals surface area contributed by atoms with Crippen LogP contribution in [0, 0.1) is 0 Å². The number of hydrogen-bond donors (Lipinski definition) is 3. The Morgan fingerprint density at radius 2 is 2.17 bits per heavy atom. The van der Waals surface area contributed by atoms with E-state index in [1.807, 2.05) is 6.07 Å². The standard InChI is InChI=1S/C16H19FN2O5/c17-9-13(16(22)23)19-14(20)2-1-7-24-11-4-5-12-10(8-11)3-6-15(21)18-12/h4-5,8,13H,1-3,6-7,9H2,(H,18,21)(H,19,20)(H,22,23). The minimum atomic E-state index is -1.51. The molecule has 1 aromatic carbocycles. The first kappa shape index (κ1) is 17.7. The summed E-state index contributed by atoms with van der Waals surface area (Å²) in [7, 11) is 0. The highest BCUT2D eigenvalue weighted by Gasteiger charge is 2.19. The molecule has 1 aromatic rings. The lowest BCUT2D eigenvalue weighted by molar-refractivity contribution is -0.142. The van der Waals surface area contributed by atoms with Crippen molar-refractivity contribution >= 4 is 23.5 Å². The van der Waals surface area contributed by atoms with Gasteiger partial charge in [0.25, 0.3) is 0 Å². The van der Waals surface area contributed by atoms with Crippen LogP contribution in [-0.2, 0) is 20.8 Å². The van der Waals surface area contributed by atoms with E-state index in [2.05, 4.69) is 10.6 Å². The van der Waals surface area contributed by atoms with Crippen LogP contribution in [0.15, 0.2) is 18.2 Å². The van der Waals surface area contributed by atoms with Gasteiger partial charge < -0.3 is 20.5 Å². The zero-order valence-electron chi connectivity index (χ0n) is 13.0. The number of carbonyl (C=O) groups is 3. The van der Waals surface area contributed by atoms with Crippen LogP contribution in [0.2, 0.25) is 0 Å². The van der Waals surface area contributed by atoms with Crippen molar-refractivity contribution in [1.29, 1.82) is 0 Å². The molecule has 0 spiro atoms. The molecule has 2 amide bonds. The minimum absolute atomic E-state index is 0.00451. The molecule has 130 valence electrons. The number of alkyl halides is 1. The molecule has 1 aliphatic heterocycles. The lowest BCUT2D eigenvalue weighted by Crippen LogP contribution is -2.42. The van der Waals surface area contributed by atoms with E-state index in [1.165, 1.54) is 0 Å². The smallest absolute Gasteiger partial charge is 0.328 e. The van der Waals surface area contributed by atoms with E-state index < -0.39 is 24.6 Å². The molecular weight excluding hydrogens is 319 g/mol. The van der Waals surface area contributed by atoms with Gasteiger partial charge in [-0.2, -0.15) is 0 Å². The zero-order valence-corrected chi connectivity index (χ0v) is 13.0. The van der Waals surface area contributed by atoms with Crippen LogP contribution in [0.1, 0.15) is 24.8 Å². The Hall–Kier alpha value is -2.64. The molecule has 0 aromatic heterocycles. The molecule has 24 heavy (non-hydrogen) atoms. The van der Waals surface area contributed by atoms with Crippen LogP contribution in [-0.4, -0.2) is 42.2 Å². The highest BCUT2D eigenvalue weighted by atomic mass is 19.1. The maximum absolute atomic E-state index is 12.4. The van der Waals surface area contributed by atoms with Gasteiger partial charge >= 0.3 is 5.97 Å². The van der Waals surface area contributed by atoms with Crippen molar-refractivity contribution in [3.05, 3.63) is 23.8 Å². The molecule has 0 radical (unpaired) electrons. The molecular formula is C16H19FN2O5. The lowest BCUT2D eigenvalue weighted by Gasteiger charge is -2.17. The quantitative estimate of drug-likeness (QED) is 0.619. The van der Waals surface area contributed by atoms with Gasteiger partial charge in [-0.15, -0.1) is 0 Å². The van der Waals surface area contributed by atoms with Crippen molar-refractivity contribution < 1.29 is 28.6 Å². The predicted molar refractivity (Wildman–Crippen MR) is 83.7 cm³/mol. The molecule has 0 saturated heterocycles. The molecule has 3 N–H and O–H groups in total. The second-order valence-electron chi connectivity index (χ2n) is 5.43. The summed E-state index contributed by atoms with van der Waals surface area (Å²) < 4.78 is 17.9. The Bertz CT molecular complexity index is 635. The molecule has 1 aliphatic rings. The second kappa shape index (κ2) is 8.28. The number of nitrogens with one attached hydrogen (secondary N) is 2. The average molecular weight is 338 g/mol. The molecule has 1 atom stereocenters. The van der Waals surface area contributed by atoms with Gasteiger partial charge in [0.2, 0.25) is 11.8 Å². The third-order valence-corrected chi connectivity index (χ3v) is 3.58. The third kappa shape index (κ3) is 4.94. The first-order valence-corrected chi connectivity index (χ1v) is 7.63. The largest absolute Gasteiger partial charge is 0.494 e. The fraction of sp³-hybridized carbons (Fsp3) is 0.438. The summed E-state index contributed by atoms with van der Waals surface area (Å²) in [4.78, 5) is 33.4. The molecule has 0 bridgehead atoms. The molecule has 1 unspecified atom stereocenters. The van der Waals surface area contributed by atoms with Gasteiger partial charge in [-0.05, 0) is 36.6 Å². The number of carbonyl (C=O) groups excluding carboxylic acids is 2. The predicted octanol–water partition coefficient (Wildman–Crippen LogP) is 1.27. The van der Waals surface area contributed by atoms with Crippen LogP contribution < -0.4 is 15.4 Å². The Labute approximate surface area is 138 Å². The summed E-state index contributed by atoms with van der Waals surface area (Å²) in [6.07, 6.45) is 1.51. The molecule has 7 nitrogen and oxygen atoms in total. The van der Waals surface area contributed by atoms with E-state index in [4.69, 9.17) is 9.84 Å². The van der Waals surface area contributed by atoms with Gasteiger partial charge in [-0.25, -0.2) is 9.18 Å². The van der Waals surface area contributed by atoms with Gasteiger partial charge in [-0.3, -0.25) is 9.59 Å². The first-order valence-electron chi connectivity index (χ1n) is 7.63. The van der Waals surface area contributed by atoms with E-state index in [-0.39, 0.29) is 18.9 Å². The normalized spacial score (nSPS) is 14.3. The van der Waals surface area contributed by atoms with Crippen molar-refractivity contribution in [2.24, 2.45) is 0 Å². The number of halogens is 1. The Balaban J connectivity index is 1.74. The monoisotopic (exact) mass is 338 g/mol. The Morgan fingerprint density at radius 3 is 2.88 bits per heavy atom. The molecule has 8 heteroatoms. The van der Waals surface area contributed by atoms with Crippen molar-refractivity contribution in [3.63, 3.8) is 0 Å². The van der Waals surface area contributed by atoms with E-state index in [0.29, 0.717) is 25.0 Å². The molecule has 1 heterocycles. The molecule has 2 rings (SSSR count). The number of anilines is 1. The number of aliphatic carboxylic acids is 1.